The lowest BCUT2D eigenvalue weighted by Gasteiger charge is -2.31. The molecule has 0 bridgehead atoms. The van der Waals surface area contributed by atoms with E-state index in [-0.39, 0.29) is 6.04 Å². The summed E-state index contributed by atoms with van der Waals surface area (Å²) in [4.78, 5) is 0. The molecule has 1 N–H and O–H groups in total. The van der Waals surface area contributed by atoms with Crippen molar-refractivity contribution in [2.24, 2.45) is 0 Å². The quantitative estimate of drug-likeness (QED) is 0.736. The Morgan fingerprint density at radius 3 is 3.00 bits per heavy atom. The maximum Gasteiger partial charge on any atom is 0.179 e. The van der Waals surface area contributed by atoms with E-state index in [1.54, 1.807) is 6.92 Å². The molecule has 0 radical (unpaired) electrons. The van der Waals surface area contributed by atoms with Crippen LogP contribution in [0.15, 0.2) is 11.8 Å². The van der Waals surface area contributed by atoms with Gasteiger partial charge in [0, 0.05) is 6.04 Å². The van der Waals surface area contributed by atoms with E-state index < -0.39 is 5.67 Å². The zero-order chi connectivity index (χ0) is 10.0. The molecule has 2 heterocycles. The zero-order valence-corrected chi connectivity index (χ0v) is 8.68. The average molecular weight is 199 g/mol. The molecule has 2 aliphatic rings. The summed E-state index contributed by atoms with van der Waals surface area (Å²) in [5.41, 5.74) is -1.32. The van der Waals surface area contributed by atoms with Crippen LogP contribution in [-0.4, -0.2) is 24.9 Å². The van der Waals surface area contributed by atoms with Gasteiger partial charge in [0.2, 0.25) is 0 Å². The third-order valence-electron chi connectivity index (χ3n) is 3.13. The van der Waals surface area contributed by atoms with E-state index in [2.05, 4.69) is 5.32 Å². The van der Waals surface area contributed by atoms with Crippen molar-refractivity contribution in [3.63, 3.8) is 0 Å². The summed E-state index contributed by atoms with van der Waals surface area (Å²) < 4.78 is 19.8. The summed E-state index contributed by atoms with van der Waals surface area (Å²) in [5.74, 6) is 0.545. The van der Waals surface area contributed by atoms with Gasteiger partial charge in [-0.25, -0.2) is 4.39 Å². The van der Waals surface area contributed by atoms with E-state index in [1.807, 2.05) is 6.08 Å². The topological polar surface area (TPSA) is 21.3 Å². The lowest BCUT2D eigenvalue weighted by molar-refractivity contribution is 0.0636. The van der Waals surface area contributed by atoms with Gasteiger partial charge in [-0.15, -0.1) is 0 Å². The first kappa shape index (κ1) is 9.97. The first-order chi connectivity index (χ1) is 6.71. The van der Waals surface area contributed by atoms with Crippen molar-refractivity contribution in [2.45, 2.75) is 44.3 Å². The molecule has 0 aromatic rings. The highest BCUT2D eigenvalue weighted by Crippen LogP contribution is 2.33. The molecule has 3 heteroatoms. The second kappa shape index (κ2) is 3.89. The largest absolute Gasteiger partial charge is 0.495 e. The Labute approximate surface area is 84.5 Å². The van der Waals surface area contributed by atoms with Crippen molar-refractivity contribution >= 4 is 0 Å². The molecule has 0 aromatic heterocycles. The highest BCUT2D eigenvalue weighted by atomic mass is 19.1. The maximum absolute atomic E-state index is 14.4. The highest BCUT2D eigenvalue weighted by molar-refractivity contribution is 5.15. The summed E-state index contributed by atoms with van der Waals surface area (Å²) in [6.45, 7) is 3.22. The van der Waals surface area contributed by atoms with Crippen LogP contribution in [0.5, 0.6) is 0 Å². The lowest BCUT2D eigenvalue weighted by Crippen LogP contribution is -2.44. The summed E-state index contributed by atoms with van der Waals surface area (Å²) in [6.07, 6.45) is 5.84. The minimum atomic E-state index is -1.32. The molecule has 2 rings (SSSR count). The van der Waals surface area contributed by atoms with Crippen LogP contribution in [0, 0.1) is 0 Å². The molecular formula is C11H18FNO. The van der Waals surface area contributed by atoms with Crippen LogP contribution in [0.3, 0.4) is 0 Å². The van der Waals surface area contributed by atoms with Crippen LogP contribution in [0.4, 0.5) is 4.39 Å². The second-order valence-electron chi connectivity index (χ2n) is 4.28. The molecular weight excluding hydrogens is 181 g/mol. The smallest absolute Gasteiger partial charge is 0.179 e. The Bertz CT molecular complexity index is 231. The van der Waals surface area contributed by atoms with Gasteiger partial charge in [0.25, 0.3) is 0 Å². The maximum atomic E-state index is 14.4. The van der Waals surface area contributed by atoms with Crippen molar-refractivity contribution in [1.82, 2.24) is 5.32 Å². The van der Waals surface area contributed by atoms with Crippen molar-refractivity contribution in [3.05, 3.63) is 11.8 Å². The van der Waals surface area contributed by atoms with Crippen molar-refractivity contribution < 1.29 is 9.13 Å². The Hall–Kier alpha value is -0.570. The van der Waals surface area contributed by atoms with Crippen LogP contribution >= 0.6 is 0 Å². The van der Waals surface area contributed by atoms with E-state index in [0.717, 1.165) is 32.2 Å². The van der Waals surface area contributed by atoms with Crippen molar-refractivity contribution in [2.75, 3.05) is 13.2 Å². The van der Waals surface area contributed by atoms with E-state index >= 15 is 0 Å². The molecule has 0 spiro atoms. The SMILES string of the molecule is CC(F)(C1=CCCCO1)C1CCCN1. The molecule has 0 aliphatic carbocycles. The van der Waals surface area contributed by atoms with Crippen LogP contribution < -0.4 is 5.32 Å². The van der Waals surface area contributed by atoms with Gasteiger partial charge in [0.1, 0.15) is 5.76 Å². The minimum absolute atomic E-state index is 0.0631. The van der Waals surface area contributed by atoms with Crippen molar-refractivity contribution in [3.8, 4) is 0 Å². The number of allylic oxidation sites excluding steroid dienone is 1. The molecule has 2 unspecified atom stereocenters. The van der Waals surface area contributed by atoms with Gasteiger partial charge in [-0.3, -0.25) is 0 Å². The number of rotatable bonds is 2. The molecule has 2 aliphatic heterocycles. The fraction of sp³-hybridized carbons (Fsp3) is 0.818. The van der Waals surface area contributed by atoms with Gasteiger partial charge in [0.05, 0.1) is 6.61 Å². The molecule has 2 atom stereocenters. The fourth-order valence-corrected chi connectivity index (χ4v) is 2.22. The van der Waals surface area contributed by atoms with Crippen LogP contribution in [0.1, 0.15) is 32.6 Å². The van der Waals surface area contributed by atoms with Crippen LogP contribution in [0.25, 0.3) is 0 Å². The minimum Gasteiger partial charge on any atom is -0.495 e. The summed E-state index contributed by atoms with van der Waals surface area (Å²) in [7, 11) is 0. The molecule has 1 saturated heterocycles. The van der Waals surface area contributed by atoms with Gasteiger partial charge in [-0.2, -0.15) is 0 Å². The molecule has 0 saturated carbocycles. The average Bonchev–Trinajstić information content (AvgIpc) is 2.72. The summed E-state index contributed by atoms with van der Waals surface area (Å²) in [6, 6.07) is -0.0631. The van der Waals surface area contributed by atoms with Gasteiger partial charge in [-0.05, 0) is 45.2 Å². The van der Waals surface area contributed by atoms with Crippen molar-refractivity contribution in [1.29, 1.82) is 0 Å². The standard InChI is InChI=1S/C11H18FNO/c1-11(12,9-5-4-7-13-9)10-6-2-3-8-14-10/h6,9,13H,2-5,7-8H2,1H3. The normalized spacial score (nSPS) is 31.9. The first-order valence-corrected chi connectivity index (χ1v) is 5.47. The number of halogens is 1. The van der Waals surface area contributed by atoms with E-state index in [0.29, 0.717) is 12.4 Å². The van der Waals surface area contributed by atoms with Gasteiger partial charge >= 0.3 is 0 Å². The Morgan fingerprint density at radius 2 is 2.43 bits per heavy atom. The number of nitrogens with one attached hydrogen (secondary N) is 1. The number of hydrogen-bond acceptors (Lipinski definition) is 2. The number of alkyl halides is 1. The third-order valence-corrected chi connectivity index (χ3v) is 3.13. The van der Waals surface area contributed by atoms with Crippen LogP contribution in [0.2, 0.25) is 0 Å². The summed E-state index contributed by atoms with van der Waals surface area (Å²) in [5, 5.41) is 3.20. The lowest BCUT2D eigenvalue weighted by atomic mass is 9.93. The Balaban J connectivity index is 2.08. The second-order valence-corrected chi connectivity index (χ2v) is 4.28. The van der Waals surface area contributed by atoms with E-state index in [4.69, 9.17) is 4.74 Å². The van der Waals surface area contributed by atoms with Gasteiger partial charge < -0.3 is 10.1 Å². The predicted molar refractivity (Wildman–Crippen MR) is 53.8 cm³/mol. The molecule has 2 nitrogen and oxygen atoms in total. The predicted octanol–water partition coefficient (Wildman–Crippen LogP) is 2.16. The summed E-state index contributed by atoms with van der Waals surface area (Å²) >= 11 is 0. The number of hydrogen-bond donors (Lipinski definition) is 1. The fourth-order valence-electron chi connectivity index (χ4n) is 2.22. The Morgan fingerprint density at radius 1 is 1.57 bits per heavy atom. The van der Waals surface area contributed by atoms with E-state index in [1.165, 1.54) is 0 Å². The number of ether oxygens (including phenoxy) is 1. The van der Waals surface area contributed by atoms with Crippen LogP contribution in [-0.2, 0) is 4.74 Å². The first-order valence-electron chi connectivity index (χ1n) is 5.47. The Kier molecular flexibility index (Phi) is 2.77. The van der Waals surface area contributed by atoms with Gasteiger partial charge in [-0.1, -0.05) is 0 Å². The molecule has 1 fully saturated rings. The molecule has 14 heavy (non-hydrogen) atoms. The monoisotopic (exact) mass is 199 g/mol. The highest BCUT2D eigenvalue weighted by Gasteiger charge is 2.41. The van der Waals surface area contributed by atoms with Gasteiger partial charge in [0.15, 0.2) is 5.67 Å². The van der Waals surface area contributed by atoms with E-state index in [9.17, 15) is 4.39 Å². The molecule has 80 valence electrons. The molecule has 0 amide bonds. The third kappa shape index (κ3) is 1.78. The zero-order valence-electron chi connectivity index (χ0n) is 8.68. The molecule has 0 aromatic carbocycles.